The highest BCUT2D eigenvalue weighted by atomic mass is 16.2. The Bertz CT molecular complexity index is 710. The van der Waals surface area contributed by atoms with Gasteiger partial charge >= 0.3 is 0 Å². The van der Waals surface area contributed by atoms with Crippen LogP contribution < -0.4 is 10.6 Å². The average molecular weight is 384 g/mol. The molecule has 3 unspecified atom stereocenters. The summed E-state index contributed by atoms with van der Waals surface area (Å²) in [5, 5.41) is 6.16. The lowest BCUT2D eigenvalue weighted by molar-refractivity contribution is -0.122. The first kappa shape index (κ1) is 20.6. The second-order valence-electron chi connectivity index (χ2n) is 8.78. The molecule has 5 heteroatoms. The van der Waals surface area contributed by atoms with Crippen molar-refractivity contribution in [3.8, 4) is 0 Å². The van der Waals surface area contributed by atoms with Crippen LogP contribution in [0.15, 0.2) is 36.2 Å². The largest absolute Gasteiger partial charge is 0.355 e. The monoisotopic (exact) mass is 383 g/mol. The number of nitrogens with zero attached hydrogens (tertiary/aromatic N) is 1. The van der Waals surface area contributed by atoms with Gasteiger partial charge in [0.15, 0.2) is 0 Å². The van der Waals surface area contributed by atoms with Crippen molar-refractivity contribution in [3.63, 3.8) is 0 Å². The number of pyridine rings is 1. The molecule has 3 atom stereocenters. The molecule has 28 heavy (non-hydrogen) atoms. The molecule has 2 amide bonds. The molecule has 3 rings (SSSR count). The summed E-state index contributed by atoms with van der Waals surface area (Å²) in [5.41, 5.74) is 2.29. The first-order valence-electron chi connectivity index (χ1n) is 10.6. The molecule has 0 aromatic carbocycles. The van der Waals surface area contributed by atoms with Gasteiger partial charge in [-0.3, -0.25) is 14.6 Å². The summed E-state index contributed by atoms with van der Waals surface area (Å²) >= 11 is 0. The lowest BCUT2D eigenvalue weighted by Crippen LogP contribution is -2.38. The normalized spacial score (nSPS) is 24.6. The van der Waals surface area contributed by atoms with Gasteiger partial charge in [0.2, 0.25) is 11.8 Å². The van der Waals surface area contributed by atoms with E-state index in [2.05, 4.69) is 42.5 Å². The minimum atomic E-state index is 0.0876. The number of allylic oxidation sites excluding steroid dienone is 1. The zero-order valence-electron chi connectivity index (χ0n) is 17.3. The van der Waals surface area contributed by atoms with Gasteiger partial charge in [-0.1, -0.05) is 31.6 Å². The standard InChI is InChI=1S/C23H33N3O2/c1-15(2)21-10-19(11-22(27)25-13-17-5-4-8-24-12-17)16(3)9-20(21)14-26-23(28)18-6-7-18/h4-5,8-9,12,15,18-21H,6-7,10-11,13-14H2,1-3H3,(H,25,27)(H,26,28). The fraction of sp³-hybridized carbons (Fsp3) is 0.609. The summed E-state index contributed by atoms with van der Waals surface area (Å²) in [6.07, 6.45) is 9.42. The van der Waals surface area contributed by atoms with Crippen molar-refractivity contribution in [1.29, 1.82) is 0 Å². The van der Waals surface area contributed by atoms with E-state index in [9.17, 15) is 9.59 Å². The molecule has 2 aliphatic rings. The van der Waals surface area contributed by atoms with Gasteiger partial charge in [0.1, 0.15) is 0 Å². The second kappa shape index (κ2) is 9.35. The third-order valence-corrected chi connectivity index (χ3v) is 6.19. The molecule has 2 aliphatic carbocycles. The first-order valence-corrected chi connectivity index (χ1v) is 10.6. The van der Waals surface area contributed by atoms with Crippen LogP contribution in [0.3, 0.4) is 0 Å². The van der Waals surface area contributed by atoms with Crippen molar-refractivity contribution in [2.75, 3.05) is 6.54 Å². The van der Waals surface area contributed by atoms with Crippen LogP contribution in [0, 0.1) is 29.6 Å². The summed E-state index contributed by atoms with van der Waals surface area (Å²) in [7, 11) is 0. The van der Waals surface area contributed by atoms with Crippen LogP contribution in [0.2, 0.25) is 0 Å². The van der Waals surface area contributed by atoms with E-state index in [0.29, 0.717) is 30.7 Å². The summed E-state index contributed by atoms with van der Waals surface area (Å²) in [5.74, 6) is 2.19. The van der Waals surface area contributed by atoms with Crippen molar-refractivity contribution >= 4 is 11.8 Å². The van der Waals surface area contributed by atoms with Crippen LogP contribution >= 0.6 is 0 Å². The van der Waals surface area contributed by atoms with Gasteiger partial charge in [-0.15, -0.1) is 0 Å². The predicted molar refractivity (Wildman–Crippen MR) is 110 cm³/mol. The lowest BCUT2D eigenvalue weighted by atomic mass is 9.69. The number of rotatable bonds is 8. The third-order valence-electron chi connectivity index (χ3n) is 6.19. The Labute approximate surface area is 168 Å². The SMILES string of the molecule is CC1=CC(CNC(=O)C2CC2)C(C(C)C)CC1CC(=O)NCc1cccnc1. The van der Waals surface area contributed by atoms with Crippen LogP contribution in [0.25, 0.3) is 0 Å². The van der Waals surface area contributed by atoms with Gasteiger partial charge in [-0.2, -0.15) is 0 Å². The molecule has 1 aromatic rings. The molecule has 2 N–H and O–H groups in total. The maximum Gasteiger partial charge on any atom is 0.223 e. The Morgan fingerprint density at radius 2 is 2.04 bits per heavy atom. The first-order chi connectivity index (χ1) is 13.4. The number of nitrogens with one attached hydrogen (secondary N) is 2. The lowest BCUT2D eigenvalue weighted by Gasteiger charge is -2.37. The van der Waals surface area contributed by atoms with E-state index in [-0.39, 0.29) is 23.7 Å². The van der Waals surface area contributed by atoms with Crippen LogP contribution in [-0.4, -0.2) is 23.3 Å². The minimum absolute atomic E-state index is 0.0876. The summed E-state index contributed by atoms with van der Waals surface area (Å²) in [6, 6.07) is 3.85. The summed E-state index contributed by atoms with van der Waals surface area (Å²) < 4.78 is 0. The van der Waals surface area contributed by atoms with Crippen molar-refractivity contribution in [2.45, 2.75) is 53.0 Å². The van der Waals surface area contributed by atoms with Crippen molar-refractivity contribution < 1.29 is 9.59 Å². The molecule has 0 saturated heterocycles. The van der Waals surface area contributed by atoms with E-state index in [1.165, 1.54) is 5.57 Å². The molecule has 1 heterocycles. The van der Waals surface area contributed by atoms with Gasteiger partial charge in [0.05, 0.1) is 0 Å². The van der Waals surface area contributed by atoms with Gasteiger partial charge in [-0.25, -0.2) is 0 Å². The molecule has 0 spiro atoms. The summed E-state index contributed by atoms with van der Waals surface area (Å²) in [6.45, 7) is 7.86. The molecule has 1 aromatic heterocycles. The molecular weight excluding hydrogens is 350 g/mol. The van der Waals surface area contributed by atoms with E-state index < -0.39 is 0 Å². The Kier molecular flexibility index (Phi) is 6.87. The van der Waals surface area contributed by atoms with Crippen molar-refractivity contribution in [1.82, 2.24) is 15.6 Å². The Balaban J connectivity index is 1.55. The van der Waals surface area contributed by atoms with Crippen molar-refractivity contribution in [2.24, 2.45) is 29.6 Å². The molecule has 5 nitrogen and oxygen atoms in total. The second-order valence-corrected chi connectivity index (χ2v) is 8.78. The van der Waals surface area contributed by atoms with Gasteiger partial charge in [0.25, 0.3) is 0 Å². The number of carbonyl (C=O) groups excluding carboxylic acids is 2. The number of hydrogen-bond donors (Lipinski definition) is 2. The maximum atomic E-state index is 12.5. The number of aromatic nitrogens is 1. The van der Waals surface area contributed by atoms with Gasteiger partial charge < -0.3 is 10.6 Å². The van der Waals surface area contributed by atoms with Crippen LogP contribution in [0.5, 0.6) is 0 Å². The van der Waals surface area contributed by atoms with E-state index in [0.717, 1.165) is 31.4 Å². The minimum Gasteiger partial charge on any atom is -0.355 e. The molecule has 1 fully saturated rings. The summed E-state index contributed by atoms with van der Waals surface area (Å²) in [4.78, 5) is 28.6. The highest BCUT2D eigenvalue weighted by Crippen LogP contribution is 2.39. The van der Waals surface area contributed by atoms with Crippen molar-refractivity contribution in [3.05, 3.63) is 41.7 Å². The quantitative estimate of drug-likeness (QED) is 0.675. The van der Waals surface area contributed by atoms with Crippen LogP contribution in [0.1, 0.15) is 52.0 Å². The fourth-order valence-corrected chi connectivity index (χ4v) is 4.22. The maximum absolute atomic E-state index is 12.5. The third kappa shape index (κ3) is 5.66. The zero-order chi connectivity index (χ0) is 20.1. The number of hydrogen-bond acceptors (Lipinski definition) is 3. The molecular formula is C23H33N3O2. The van der Waals surface area contributed by atoms with E-state index >= 15 is 0 Å². The molecule has 0 radical (unpaired) electrons. The zero-order valence-corrected chi connectivity index (χ0v) is 17.3. The van der Waals surface area contributed by atoms with E-state index in [1.807, 2.05) is 12.1 Å². The smallest absolute Gasteiger partial charge is 0.223 e. The topological polar surface area (TPSA) is 71.1 Å². The number of carbonyl (C=O) groups is 2. The Hall–Kier alpha value is -2.17. The highest BCUT2D eigenvalue weighted by Gasteiger charge is 2.34. The molecule has 0 aliphatic heterocycles. The highest BCUT2D eigenvalue weighted by molar-refractivity contribution is 5.80. The number of amides is 2. The van der Waals surface area contributed by atoms with Crippen LogP contribution in [0.4, 0.5) is 0 Å². The van der Waals surface area contributed by atoms with E-state index in [4.69, 9.17) is 0 Å². The van der Waals surface area contributed by atoms with Crippen LogP contribution in [-0.2, 0) is 16.1 Å². The molecule has 1 saturated carbocycles. The van der Waals surface area contributed by atoms with Gasteiger partial charge in [0, 0.05) is 37.8 Å². The Morgan fingerprint density at radius 1 is 1.25 bits per heavy atom. The Morgan fingerprint density at radius 3 is 2.68 bits per heavy atom. The average Bonchev–Trinajstić information content (AvgIpc) is 3.52. The molecule has 152 valence electrons. The van der Waals surface area contributed by atoms with Gasteiger partial charge in [-0.05, 0) is 61.5 Å². The fourth-order valence-electron chi connectivity index (χ4n) is 4.22. The molecule has 0 bridgehead atoms. The van der Waals surface area contributed by atoms with E-state index in [1.54, 1.807) is 12.4 Å². The predicted octanol–water partition coefficient (Wildman–Crippen LogP) is 3.47.